The zero-order valence-corrected chi connectivity index (χ0v) is 18.0. The van der Waals surface area contributed by atoms with Crippen LogP contribution in [-0.2, 0) is 5.75 Å². The van der Waals surface area contributed by atoms with Gasteiger partial charge >= 0.3 is 0 Å². The Morgan fingerprint density at radius 3 is 2.71 bits per heavy atom. The summed E-state index contributed by atoms with van der Waals surface area (Å²) < 4.78 is 5.58. The van der Waals surface area contributed by atoms with Gasteiger partial charge in [-0.15, -0.1) is 11.8 Å². The van der Waals surface area contributed by atoms with Gasteiger partial charge in [-0.3, -0.25) is 4.99 Å². The summed E-state index contributed by atoms with van der Waals surface area (Å²) in [7, 11) is 1.72. The van der Waals surface area contributed by atoms with E-state index in [1.807, 2.05) is 12.1 Å². The summed E-state index contributed by atoms with van der Waals surface area (Å²) in [6.45, 7) is 8.25. The minimum absolute atomic E-state index is 0.0124. The zero-order valence-electron chi connectivity index (χ0n) is 17.1. The molecule has 3 nitrogen and oxygen atoms in total. The summed E-state index contributed by atoms with van der Waals surface area (Å²) >= 11 is 1.81. The van der Waals surface area contributed by atoms with Crippen molar-refractivity contribution in [2.24, 2.45) is 10.4 Å². The molecule has 0 bridgehead atoms. The molecule has 1 heterocycles. The summed E-state index contributed by atoms with van der Waals surface area (Å²) in [5.41, 5.74) is 3.34. The Kier molecular flexibility index (Phi) is 6.70. The van der Waals surface area contributed by atoms with Gasteiger partial charge in [0.1, 0.15) is 11.6 Å². The predicted octanol–water partition coefficient (Wildman–Crippen LogP) is 5.13. The molecule has 1 aliphatic heterocycles. The normalized spacial score (nSPS) is 13.8. The fraction of sp³-hybridized carbons (Fsp3) is 0.375. The van der Waals surface area contributed by atoms with Gasteiger partial charge < -0.3 is 10.1 Å². The molecule has 0 radical (unpaired) electrons. The van der Waals surface area contributed by atoms with Crippen LogP contribution in [0.25, 0.3) is 0 Å². The van der Waals surface area contributed by atoms with Crippen LogP contribution in [0.2, 0.25) is 0 Å². The van der Waals surface area contributed by atoms with E-state index in [1.165, 1.54) is 10.5 Å². The van der Waals surface area contributed by atoms with Crippen LogP contribution in [0.4, 0.5) is 0 Å². The SMILES string of the molecule is COc1ccc(C#CC(C)(C)C)cc1CSc1ccccc1C1=NCCCN1. The van der Waals surface area contributed by atoms with Gasteiger partial charge in [-0.2, -0.15) is 0 Å². The summed E-state index contributed by atoms with van der Waals surface area (Å²) in [5, 5.41) is 3.43. The molecule has 0 aromatic heterocycles. The van der Waals surface area contributed by atoms with Crippen LogP contribution in [0.3, 0.4) is 0 Å². The molecule has 28 heavy (non-hydrogen) atoms. The van der Waals surface area contributed by atoms with Crippen molar-refractivity contribution in [3.05, 3.63) is 59.2 Å². The van der Waals surface area contributed by atoms with Crippen LogP contribution in [-0.4, -0.2) is 26.0 Å². The van der Waals surface area contributed by atoms with E-state index in [-0.39, 0.29) is 5.41 Å². The first kappa shape index (κ1) is 20.4. The van der Waals surface area contributed by atoms with E-state index in [2.05, 4.69) is 73.3 Å². The first-order valence-electron chi connectivity index (χ1n) is 9.67. The van der Waals surface area contributed by atoms with Gasteiger partial charge in [0.05, 0.1) is 7.11 Å². The quantitative estimate of drug-likeness (QED) is 0.566. The highest BCUT2D eigenvalue weighted by molar-refractivity contribution is 7.98. The van der Waals surface area contributed by atoms with Gasteiger partial charge in [0.25, 0.3) is 0 Å². The Labute approximate surface area is 173 Å². The summed E-state index contributed by atoms with van der Waals surface area (Å²) in [5.74, 6) is 9.33. The number of ether oxygens (including phenoxy) is 1. The van der Waals surface area contributed by atoms with Gasteiger partial charge in [-0.1, -0.05) is 30.0 Å². The van der Waals surface area contributed by atoms with E-state index in [1.54, 1.807) is 18.9 Å². The largest absolute Gasteiger partial charge is 0.496 e. The van der Waals surface area contributed by atoms with Crippen LogP contribution in [0.5, 0.6) is 5.75 Å². The number of nitrogens with one attached hydrogen (secondary N) is 1. The molecule has 2 aromatic carbocycles. The average Bonchev–Trinajstić information content (AvgIpc) is 2.71. The van der Waals surface area contributed by atoms with Gasteiger partial charge in [-0.05, 0) is 51.5 Å². The van der Waals surface area contributed by atoms with Crippen molar-refractivity contribution in [2.45, 2.75) is 37.8 Å². The third-order valence-corrected chi connectivity index (χ3v) is 5.41. The van der Waals surface area contributed by atoms with Gasteiger partial charge in [0.2, 0.25) is 0 Å². The van der Waals surface area contributed by atoms with Crippen LogP contribution in [0.15, 0.2) is 52.4 Å². The number of hydrogen-bond acceptors (Lipinski definition) is 4. The van der Waals surface area contributed by atoms with Crippen molar-refractivity contribution in [1.29, 1.82) is 0 Å². The van der Waals surface area contributed by atoms with Gasteiger partial charge in [0, 0.05) is 45.8 Å². The number of aliphatic imine (C=N–C) groups is 1. The summed E-state index contributed by atoms with van der Waals surface area (Å²) in [6, 6.07) is 14.6. The number of nitrogens with zero attached hydrogens (tertiary/aromatic N) is 1. The lowest BCUT2D eigenvalue weighted by Gasteiger charge is -2.17. The van der Waals surface area contributed by atoms with Crippen LogP contribution in [0.1, 0.15) is 43.9 Å². The molecule has 0 saturated carbocycles. The van der Waals surface area contributed by atoms with Gasteiger partial charge in [-0.25, -0.2) is 0 Å². The minimum atomic E-state index is -0.0124. The lowest BCUT2D eigenvalue weighted by Crippen LogP contribution is -2.30. The molecule has 0 unspecified atom stereocenters. The van der Waals surface area contributed by atoms with E-state index in [9.17, 15) is 0 Å². The first-order chi connectivity index (χ1) is 13.5. The lowest BCUT2D eigenvalue weighted by atomic mass is 9.97. The molecule has 2 aromatic rings. The third kappa shape index (κ3) is 5.56. The maximum Gasteiger partial charge on any atom is 0.129 e. The molecule has 146 valence electrons. The standard InChI is InChI=1S/C24H28N2OS/c1-24(2,3)13-12-18-10-11-21(27-4)19(16-18)17-28-22-9-6-5-8-20(22)23-25-14-7-15-26-23/h5-6,8-11,16H,7,14-15,17H2,1-4H3,(H,25,26). The fourth-order valence-electron chi connectivity index (χ4n) is 2.89. The van der Waals surface area contributed by atoms with E-state index < -0.39 is 0 Å². The lowest BCUT2D eigenvalue weighted by molar-refractivity contribution is 0.411. The molecule has 0 spiro atoms. The first-order valence-corrected chi connectivity index (χ1v) is 10.7. The summed E-state index contributed by atoms with van der Waals surface area (Å²) in [6.07, 6.45) is 1.10. The number of methoxy groups -OCH3 is 1. The maximum atomic E-state index is 5.58. The Morgan fingerprint density at radius 2 is 2.00 bits per heavy atom. The topological polar surface area (TPSA) is 33.6 Å². The average molecular weight is 393 g/mol. The smallest absolute Gasteiger partial charge is 0.129 e. The van der Waals surface area contributed by atoms with Crippen molar-refractivity contribution >= 4 is 17.6 Å². The second-order valence-electron chi connectivity index (χ2n) is 7.82. The minimum Gasteiger partial charge on any atom is -0.496 e. The number of amidine groups is 1. The van der Waals surface area contributed by atoms with E-state index in [0.29, 0.717) is 0 Å². The number of benzene rings is 2. The molecule has 1 aliphatic rings. The molecule has 1 N–H and O–H groups in total. The number of rotatable bonds is 5. The fourth-order valence-corrected chi connectivity index (χ4v) is 3.92. The molecule has 0 amide bonds. The maximum absolute atomic E-state index is 5.58. The van der Waals surface area contributed by atoms with Crippen molar-refractivity contribution in [3.8, 4) is 17.6 Å². The summed E-state index contributed by atoms with van der Waals surface area (Å²) in [4.78, 5) is 5.89. The highest BCUT2D eigenvalue weighted by Crippen LogP contribution is 2.31. The zero-order chi connectivity index (χ0) is 20.0. The molecule has 0 aliphatic carbocycles. The highest BCUT2D eigenvalue weighted by Gasteiger charge is 2.13. The van der Waals surface area contributed by atoms with E-state index in [4.69, 9.17) is 4.74 Å². The predicted molar refractivity (Wildman–Crippen MR) is 119 cm³/mol. The van der Waals surface area contributed by atoms with Crippen LogP contribution < -0.4 is 10.1 Å². The highest BCUT2D eigenvalue weighted by atomic mass is 32.2. The molecule has 4 heteroatoms. The van der Waals surface area contributed by atoms with Crippen LogP contribution in [0, 0.1) is 17.3 Å². The Balaban J connectivity index is 1.82. The molecule has 0 atom stereocenters. The van der Waals surface area contributed by atoms with Crippen molar-refractivity contribution < 1.29 is 4.74 Å². The Hall–Kier alpha value is -2.38. The van der Waals surface area contributed by atoms with Crippen molar-refractivity contribution in [1.82, 2.24) is 5.32 Å². The Bertz CT molecular complexity index is 916. The molecule has 0 fully saturated rings. The van der Waals surface area contributed by atoms with Crippen molar-refractivity contribution in [3.63, 3.8) is 0 Å². The third-order valence-electron chi connectivity index (χ3n) is 4.28. The second-order valence-corrected chi connectivity index (χ2v) is 8.84. The molecule has 0 saturated heterocycles. The van der Waals surface area contributed by atoms with E-state index >= 15 is 0 Å². The van der Waals surface area contributed by atoms with Crippen molar-refractivity contribution in [2.75, 3.05) is 20.2 Å². The van der Waals surface area contributed by atoms with Crippen LogP contribution >= 0.6 is 11.8 Å². The number of hydrogen-bond donors (Lipinski definition) is 1. The van der Waals surface area contributed by atoms with E-state index in [0.717, 1.165) is 48.0 Å². The number of thioether (sulfide) groups is 1. The second kappa shape index (κ2) is 9.21. The molecular formula is C24H28N2OS. The monoisotopic (exact) mass is 392 g/mol. The Morgan fingerprint density at radius 1 is 1.18 bits per heavy atom. The molecule has 3 rings (SSSR count). The molecular weight excluding hydrogens is 364 g/mol. The van der Waals surface area contributed by atoms with Gasteiger partial charge in [0.15, 0.2) is 0 Å².